The number of nitrogens with one attached hydrogen (secondary N) is 2. The number of aromatic nitrogens is 6. The first-order valence-electron chi connectivity index (χ1n) is 9.66. The highest BCUT2D eigenvalue weighted by molar-refractivity contribution is 5.89. The van der Waals surface area contributed by atoms with Gasteiger partial charge in [0, 0.05) is 30.4 Å². The summed E-state index contributed by atoms with van der Waals surface area (Å²) in [5, 5.41) is 14.8. The molecule has 8 nitrogen and oxygen atoms in total. The quantitative estimate of drug-likeness (QED) is 0.653. The third-order valence-electron chi connectivity index (χ3n) is 6.19. The monoisotopic (exact) mass is 368 g/mol. The molecule has 0 amide bonds. The molecule has 1 fully saturated rings. The van der Waals surface area contributed by atoms with Crippen LogP contribution in [0.15, 0.2) is 6.20 Å². The van der Waals surface area contributed by atoms with Gasteiger partial charge in [0.05, 0.1) is 17.6 Å². The van der Waals surface area contributed by atoms with Crippen molar-refractivity contribution >= 4 is 17.0 Å². The molecule has 0 unspecified atom stereocenters. The summed E-state index contributed by atoms with van der Waals surface area (Å²) in [5.74, 6) is 0.883. The molecule has 4 heterocycles. The third-order valence-corrected chi connectivity index (χ3v) is 6.19. The Bertz CT molecular complexity index is 928. The van der Waals surface area contributed by atoms with Crippen LogP contribution in [0, 0.1) is 19.3 Å². The topological polar surface area (TPSA) is 112 Å². The van der Waals surface area contributed by atoms with Crippen molar-refractivity contribution in [1.29, 1.82) is 0 Å². The summed E-state index contributed by atoms with van der Waals surface area (Å²) in [5.41, 5.74) is 11.8. The van der Waals surface area contributed by atoms with Gasteiger partial charge >= 0.3 is 0 Å². The standard InChI is InChI=1S/C19H28N8/c1-5-13(20)19(4)6-8-27(9-7-19)14-10-21-17-16(25-26-18(17)22-14)15-11(2)23-24-12(15)3/h10,13H,5-9,20H2,1-4H3,(H,23,24)(H,22,25,26)/t13-/m1/s1. The predicted molar refractivity (Wildman–Crippen MR) is 107 cm³/mol. The highest BCUT2D eigenvalue weighted by Gasteiger charge is 2.35. The molecular weight excluding hydrogens is 340 g/mol. The van der Waals surface area contributed by atoms with E-state index in [1.165, 1.54) is 0 Å². The van der Waals surface area contributed by atoms with Crippen molar-refractivity contribution in [1.82, 2.24) is 30.4 Å². The Morgan fingerprint density at radius 3 is 2.59 bits per heavy atom. The van der Waals surface area contributed by atoms with Gasteiger partial charge in [-0.05, 0) is 38.5 Å². The molecule has 4 N–H and O–H groups in total. The molecule has 3 aromatic rings. The summed E-state index contributed by atoms with van der Waals surface area (Å²) in [6.45, 7) is 10.3. The van der Waals surface area contributed by atoms with Gasteiger partial charge in [0.15, 0.2) is 0 Å². The maximum absolute atomic E-state index is 6.35. The molecule has 1 atom stereocenters. The normalized spacial score (nSPS) is 18.2. The van der Waals surface area contributed by atoms with Crippen LogP contribution in [0.4, 0.5) is 5.82 Å². The van der Waals surface area contributed by atoms with Crippen molar-refractivity contribution in [3.8, 4) is 11.3 Å². The average molecular weight is 368 g/mol. The summed E-state index contributed by atoms with van der Waals surface area (Å²) >= 11 is 0. The van der Waals surface area contributed by atoms with Gasteiger partial charge in [0.1, 0.15) is 11.3 Å². The maximum atomic E-state index is 6.35. The second kappa shape index (κ2) is 6.60. The fourth-order valence-electron chi connectivity index (χ4n) is 4.14. The van der Waals surface area contributed by atoms with Crippen molar-refractivity contribution in [2.45, 2.75) is 53.0 Å². The number of piperidine rings is 1. The Labute approximate surface area is 159 Å². The molecule has 8 heteroatoms. The molecule has 0 aromatic carbocycles. The van der Waals surface area contributed by atoms with Crippen molar-refractivity contribution in [3.63, 3.8) is 0 Å². The number of anilines is 1. The lowest BCUT2D eigenvalue weighted by Gasteiger charge is -2.43. The fraction of sp³-hybridized carbons (Fsp3) is 0.579. The van der Waals surface area contributed by atoms with Gasteiger partial charge in [-0.25, -0.2) is 9.97 Å². The SMILES string of the molecule is CC[C@@H](N)C1(C)CCN(c2cnc3c(-c4c(C)n[nH]c4C)[nH]nc3n2)CC1. The van der Waals surface area contributed by atoms with E-state index in [1.807, 2.05) is 20.0 Å². The molecule has 1 saturated heterocycles. The van der Waals surface area contributed by atoms with Crippen LogP contribution in [-0.4, -0.2) is 49.5 Å². The minimum absolute atomic E-state index is 0.207. The maximum Gasteiger partial charge on any atom is 0.202 e. The van der Waals surface area contributed by atoms with Crippen molar-refractivity contribution in [2.75, 3.05) is 18.0 Å². The van der Waals surface area contributed by atoms with Gasteiger partial charge in [-0.3, -0.25) is 10.2 Å². The zero-order valence-electron chi connectivity index (χ0n) is 16.5. The van der Waals surface area contributed by atoms with Crippen LogP contribution in [0.5, 0.6) is 0 Å². The average Bonchev–Trinajstić information content (AvgIpc) is 3.23. The summed E-state index contributed by atoms with van der Waals surface area (Å²) in [4.78, 5) is 11.7. The van der Waals surface area contributed by atoms with E-state index in [0.717, 1.165) is 66.3 Å². The van der Waals surface area contributed by atoms with Crippen LogP contribution < -0.4 is 10.6 Å². The van der Waals surface area contributed by atoms with E-state index < -0.39 is 0 Å². The number of aryl methyl sites for hydroxylation is 2. The highest BCUT2D eigenvalue weighted by Crippen LogP contribution is 2.36. The smallest absolute Gasteiger partial charge is 0.202 e. The van der Waals surface area contributed by atoms with Gasteiger partial charge in [-0.15, -0.1) is 0 Å². The molecule has 27 heavy (non-hydrogen) atoms. The lowest BCUT2D eigenvalue weighted by molar-refractivity contribution is 0.190. The Morgan fingerprint density at radius 1 is 1.22 bits per heavy atom. The number of hydrogen-bond donors (Lipinski definition) is 3. The zero-order chi connectivity index (χ0) is 19.2. The van der Waals surface area contributed by atoms with Crippen LogP contribution in [0.3, 0.4) is 0 Å². The van der Waals surface area contributed by atoms with Crippen molar-refractivity contribution in [3.05, 3.63) is 17.6 Å². The Morgan fingerprint density at radius 2 is 1.96 bits per heavy atom. The van der Waals surface area contributed by atoms with E-state index in [4.69, 9.17) is 10.7 Å². The minimum Gasteiger partial charge on any atom is -0.355 e. The Hall–Kier alpha value is -2.48. The largest absolute Gasteiger partial charge is 0.355 e. The van der Waals surface area contributed by atoms with Crippen LogP contribution >= 0.6 is 0 Å². The van der Waals surface area contributed by atoms with Crippen molar-refractivity contribution in [2.24, 2.45) is 11.1 Å². The molecule has 0 aliphatic carbocycles. The van der Waals surface area contributed by atoms with Gasteiger partial charge in [-0.1, -0.05) is 13.8 Å². The lowest BCUT2D eigenvalue weighted by Crippen LogP contribution is -2.48. The molecule has 0 radical (unpaired) electrons. The number of H-pyrrole nitrogens is 2. The molecule has 1 aliphatic heterocycles. The molecule has 1 aliphatic rings. The number of fused-ring (bicyclic) bond motifs is 1. The molecule has 144 valence electrons. The summed E-state index contributed by atoms with van der Waals surface area (Å²) in [6.07, 6.45) is 5.02. The molecule has 0 bridgehead atoms. The van der Waals surface area contributed by atoms with Crippen LogP contribution in [0.1, 0.15) is 44.5 Å². The number of rotatable bonds is 4. The Balaban J connectivity index is 1.59. The first-order chi connectivity index (χ1) is 12.9. The summed E-state index contributed by atoms with van der Waals surface area (Å²) in [7, 11) is 0. The highest BCUT2D eigenvalue weighted by atomic mass is 15.2. The summed E-state index contributed by atoms with van der Waals surface area (Å²) in [6, 6.07) is 0.253. The van der Waals surface area contributed by atoms with E-state index in [2.05, 4.69) is 44.1 Å². The Kier molecular flexibility index (Phi) is 4.38. The summed E-state index contributed by atoms with van der Waals surface area (Å²) < 4.78 is 0. The number of nitrogens with zero attached hydrogens (tertiary/aromatic N) is 5. The lowest BCUT2D eigenvalue weighted by atomic mass is 9.73. The molecule has 3 aromatic heterocycles. The molecule has 0 saturated carbocycles. The van der Waals surface area contributed by atoms with E-state index in [1.54, 1.807) is 0 Å². The number of nitrogens with two attached hydrogens (primary N) is 1. The molecule has 0 spiro atoms. The van der Waals surface area contributed by atoms with E-state index >= 15 is 0 Å². The second-order valence-corrected chi connectivity index (χ2v) is 7.96. The molecule has 4 rings (SSSR count). The van der Waals surface area contributed by atoms with Crippen LogP contribution in [0.25, 0.3) is 22.4 Å². The second-order valence-electron chi connectivity index (χ2n) is 7.96. The number of aromatic amines is 2. The van der Waals surface area contributed by atoms with E-state index in [0.29, 0.717) is 5.65 Å². The number of hydrogen-bond acceptors (Lipinski definition) is 6. The van der Waals surface area contributed by atoms with Crippen LogP contribution in [-0.2, 0) is 0 Å². The predicted octanol–water partition coefficient (Wildman–Crippen LogP) is 2.70. The minimum atomic E-state index is 0.207. The van der Waals surface area contributed by atoms with Crippen molar-refractivity contribution < 1.29 is 0 Å². The van der Waals surface area contributed by atoms with Gasteiger partial charge in [-0.2, -0.15) is 10.2 Å². The molecular formula is C19H28N8. The van der Waals surface area contributed by atoms with Gasteiger partial charge in [0.25, 0.3) is 0 Å². The first-order valence-corrected chi connectivity index (χ1v) is 9.66. The van der Waals surface area contributed by atoms with E-state index in [-0.39, 0.29) is 11.5 Å². The van der Waals surface area contributed by atoms with Crippen LogP contribution in [0.2, 0.25) is 0 Å². The van der Waals surface area contributed by atoms with Gasteiger partial charge < -0.3 is 10.6 Å². The van der Waals surface area contributed by atoms with Gasteiger partial charge in [0.2, 0.25) is 5.65 Å². The first kappa shape index (κ1) is 17.9. The zero-order valence-corrected chi connectivity index (χ0v) is 16.5. The van der Waals surface area contributed by atoms with E-state index in [9.17, 15) is 0 Å². The fourth-order valence-corrected chi connectivity index (χ4v) is 4.14. The third kappa shape index (κ3) is 2.97.